The zero-order valence-corrected chi connectivity index (χ0v) is 14.9. The summed E-state index contributed by atoms with van der Waals surface area (Å²) in [6.45, 7) is 0. The number of fused-ring (bicyclic) bond motifs is 6. The molecule has 6 rings (SSSR count). The summed E-state index contributed by atoms with van der Waals surface area (Å²) in [5.74, 6) is 0. The fraction of sp³-hybridized carbons (Fsp3) is 0. The van der Waals surface area contributed by atoms with Crippen molar-refractivity contribution in [1.82, 2.24) is 4.57 Å². The number of para-hydroxylation sites is 2. The summed E-state index contributed by atoms with van der Waals surface area (Å²) in [5, 5.41) is 4.68. The molecule has 0 spiro atoms. The topological polar surface area (TPSA) is 35.1 Å². The van der Waals surface area contributed by atoms with Crippen molar-refractivity contribution in [2.45, 2.75) is 0 Å². The van der Waals surface area contributed by atoms with Crippen LogP contribution in [0.4, 0.5) is 0 Å². The Hall–Kier alpha value is -3.85. The van der Waals surface area contributed by atoms with Gasteiger partial charge in [-0.25, -0.2) is 4.79 Å². The van der Waals surface area contributed by atoms with Crippen molar-refractivity contribution >= 4 is 43.5 Å². The van der Waals surface area contributed by atoms with E-state index < -0.39 is 0 Å². The highest BCUT2D eigenvalue weighted by atomic mass is 16.4. The summed E-state index contributed by atoms with van der Waals surface area (Å²) >= 11 is 0. The van der Waals surface area contributed by atoms with E-state index in [4.69, 9.17) is 4.42 Å². The average Bonchev–Trinajstić information content (AvgIpc) is 3.07. The van der Waals surface area contributed by atoms with Crippen LogP contribution in [-0.4, -0.2) is 4.57 Å². The number of hydrogen-bond acceptors (Lipinski definition) is 2. The molecule has 28 heavy (non-hydrogen) atoms. The van der Waals surface area contributed by atoms with Crippen molar-refractivity contribution in [2.24, 2.45) is 0 Å². The van der Waals surface area contributed by atoms with Gasteiger partial charge in [0.1, 0.15) is 5.58 Å². The molecule has 0 saturated heterocycles. The van der Waals surface area contributed by atoms with Gasteiger partial charge in [-0.05, 0) is 41.8 Å². The highest BCUT2D eigenvalue weighted by Gasteiger charge is 2.15. The molecule has 0 amide bonds. The van der Waals surface area contributed by atoms with Crippen molar-refractivity contribution in [3.8, 4) is 5.69 Å². The molecule has 6 aromatic rings. The van der Waals surface area contributed by atoms with Crippen LogP contribution in [0.25, 0.3) is 49.2 Å². The van der Waals surface area contributed by atoms with Gasteiger partial charge in [-0.2, -0.15) is 0 Å². The van der Waals surface area contributed by atoms with E-state index in [0.717, 1.165) is 38.3 Å². The highest BCUT2D eigenvalue weighted by Crippen LogP contribution is 2.36. The lowest BCUT2D eigenvalue weighted by atomic mass is 10.1. The first-order valence-corrected chi connectivity index (χ1v) is 9.25. The van der Waals surface area contributed by atoms with Crippen molar-refractivity contribution in [3.05, 3.63) is 101 Å². The summed E-state index contributed by atoms with van der Waals surface area (Å²) in [6.07, 6.45) is 0. The van der Waals surface area contributed by atoms with Gasteiger partial charge in [0.15, 0.2) is 0 Å². The maximum absolute atomic E-state index is 12.4. The summed E-state index contributed by atoms with van der Waals surface area (Å²) < 4.78 is 7.95. The van der Waals surface area contributed by atoms with Crippen LogP contribution in [0.3, 0.4) is 0 Å². The second-order valence-electron chi connectivity index (χ2n) is 6.99. The second-order valence-corrected chi connectivity index (χ2v) is 6.99. The lowest BCUT2D eigenvalue weighted by molar-refractivity contribution is 0.570. The Morgan fingerprint density at radius 2 is 1.25 bits per heavy atom. The molecule has 0 N–H and O–H groups in total. The molecule has 0 atom stereocenters. The summed E-state index contributed by atoms with van der Waals surface area (Å²) in [4.78, 5) is 12.4. The first-order valence-electron chi connectivity index (χ1n) is 9.25. The van der Waals surface area contributed by atoms with E-state index in [-0.39, 0.29) is 5.63 Å². The molecular formula is C25H15NO2. The zero-order chi connectivity index (χ0) is 18.7. The molecule has 0 fully saturated rings. The van der Waals surface area contributed by atoms with E-state index in [9.17, 15) is 4.79 Å². The molecule has 3 nitrogen and oxygen atoms in total. The van der Waals surface area contributed by atoms with Crippen LogP contribution in [0, 0.1) is 0 Å². The first-order chi connectivity index (χ1) is 13.8. The van der Waals surface area contributed by atoms with Gasteiger partial charge in [0.25, 0.3) is 0 Å². The molecule has 132 valence electrons. The lowest BCUT2D eigenvalue weighted by Gasteiger charge is -2.08. The molecular weight excluding hydrogens is 346 g/mol. The lowest BCUT2D eigenvalue weighted by Crippen LogP contribution is -1.99. The van der Waals surface area contributed by atoms with E-state index in [2.05, 4.69) is 41.0 Å². The number of rotatable bonds is 1. The zero-order valence-electron chi connectivity index (χ0n) is 14.9. The Morgan fingerprint density at radius 3 is 2.07 bits per heavy atom. The predicted molar refractivity (Wildman–Crippen MR) is 114 cm³/mol. The monoisotopic (exact) mass is 361 g/mol. The van der Waals surface area contributed by atoms with E-state index >= 15 is 0 Å². The van der Waals surface area contributed by atoms with E-state index in [1.165, 1.54) is 0 Å². The number of hydrogen-bond donors (Lipinski definition) is 0. The molecule has 0 bridgehead atoms. The van der Waals surface area contributed by atoms with Crippen LogP contribution in [0.1, 0.15) is 0 Å². The van der Waals surface area contributed by atoms with Gasteiger partial charge >= 0.3 is 5.63 Å². The molecule has 0 saturated carbocycles. The van der Waals surface area contributed by atoms with Crippen LogP contribution >= 0.6 is 0 Å². The molecule has 4 aromatic carbocycles. The summed E-state index contributed by atoms with van der Waals surface area (Å²) in [5.41, 5.74) is 3.65. The Bertz CT molecular complexity index is 1570. The van der Waals surface area contributed by atoms with Gasteiger partial charge in [-0.3, -0.25) is 0 Å². The molecule has 0 aliphatic carbocycles. The molecule has 0 radical (unpaired) electrons. The van der Waals surface area contributed by atoms with Gasteiger partial charge in [0.05, 0.1) is 16.4 Å². The number of nitrogens with zero attached hydrogens (tertiary/aromatic N) is 1. The van der Waals surface area contributed by atoms with E-state index in [0.29, 0.717) is 11.0 Å². The Labute approximate surface area is 160 Å². The molecule has 0 aliphatic heterocycles. The summed E-state index contributed by atoms with van der Waals surface area (Å²) in [7, 11) is 0. The molecule has 3 heteroatoms. The fourth-order valence-corrected chi connectivity index (χ4v) is 4.20. The minimum absolute atomic E-state index is 0.297. The van der Waals surface area contributed by atoms with Gasteiger partial charge < -0.3 is 8.98 Å². The van der Waals surface area contributed by atoms with E-state index in [1.807, 2.05) is 54.6 Å². The third kappa shape index (κ3) is 2.01. The highest BCUT2D eigenvalue weighted by molar-refractivity contribution is 6.16. The van der Waals surface area contributed by atoms with Gasteiger partial charge in [0, 0.05) is 21.8 Å². The van der Waals surface area contributed by atoms with Crippen molar-refractivity contribution in [2.75, 3.05) is 0 Å². The van der Waals surface area contributed by atoms with Crippen molar-refractivity contribution in [3.63, 3.8) is 0 Å². The number of benzene rings is 4. The Morgan fingerprint density at radius 1 is 0.571 bits per heavy atom. The van der Waals surface area contributed by atoms with Gasteiger partial charge in [-0.1, -0.05) is 54.6 Å². The van der Waals surface area contributed by atoms with Crippen LogP contribution in [0.15, 0.2) is 100 Å². The SMILES string of the molecule is O=c1oc2cc3c4ccccc4n(-c4ccccc4)c3cc2c2ccccc12. The average molecular weight is 361 g/mol. The smallest absolute Gasteiger partial charge is 0.344 e. The molecule has 0 unspecified atom stereocenters. The third-order valence-electron chi connectivity index (χ3n) is 5.43. The van der Waals surface area contributed by atoms with E-state index in [1.54, 1.807) is 0 Å². The summed E-state index contributed by atoms with van der Waals surface area (Å²) in [6, 6.07) is 30.4. The van der Waals surface area contributed by atoms with Crippen LogP contribution in [0.2, 0.25) is 0 Å². The van der Waals surface area contributed by atoms with Gasteiger partial charge in [-0.15, -0.1) is 0 Å². The predicted octanol–water partition coefficient (Wildman–Crippen LogP) is 6.04. The van der Waals surface area contributed by atoms with Crippen molar-refractivity contribution < 1.29 is 4.42 Å². The first kappa shape index (κ1) is 15.2. The van der Waals surface area contributed by atoms with Gasteiger partial charge in [0.2, 0.25) is 0 Å². The molecule has 2 aromatic heterocycles. The minimum Gasteiger partial charge on any atom is -0.422 e. The Balaban J connectivity index is 1.88. The molecule has 2 heterocycles. The maximum Gasteiger partial charge on any atom is 0.344 e. The van der Waals surface area contributed by atoms with Crippen LogP contribution in [-0.2, 0) is 0 Å². The molecule has 0 aliphatic rings. The Kier molecular flexibility index (Phi) is 3.03. The standard InChI is InChI=1S/C25H15NO2/c27-25-19-12-5-4-10-17(19)21-14-23-20(15-24(21)28-25)18-11-6-7-13-22(18)26(23)16-8-2-1-3-9-16/h1-15H. The fourth-order valence-electron chi connectivity index (χ4n) is 4.20. The quantitative estimate of drug-likeness (QED) is 0.264. The third-order valence-corrected chi connectivity index (χ3v) is 5.43. The largest absolute Gasteiger partial charge is 0.422 e. The maximum atomic E-state index is 12.4. The second kappa shape index (κ2) is 5.57. The number of aromatic nitrogens is 1. The normalized spacial score (nSPS) is 11.7. The van der Waals surface area contributed by atoms with Crippen LogP contribution in [0.5, 0.6) is 0 Å². The van der Waals surface area contributed by atoms with Crippen molar-refractivity contribution in [1.29, 1.82) is 0 Å². The minimum atomic E-state index is -0.297. The van der Waals surface area contributed by atoms with Crippen LogP contribution < -0.4 is 5.63 Å².